The average molecular weight is 471 g/mol. The van der Waals surface area contributed by atoms with E-state index >= 15 is 0 Å². The van der Waals surface area contributed by atoms with Crippen molar-refractivity contribution in [1.29, 1.82) is 0 Å². The van der Waals surface area contributed by atoms with E-state index in [0.717, 1.165) is 23.7 Å². The van der Waals surface area contributed by atoms with Crippen molar-refractivity contribution in [2.24, 2.45) is 45.3 Å². The molecule has 0 amide bonds. The van der Waals surface area contributed by atoms with Crippen LogP contribution >= 0.6 is 0 Å². The number of hydrogen-bond acceptors (Lipinski definition) is 0. The molecule has 0 N–H and O–H groups in total. The zero-order valence-corrected chi connectivity index (χ0v) is 24.9. The fourth-order valence-corrected chi connectivity index (χ4v) is 9.44. The van der Waals surface area contributed by atoms with E-state index in [1.807, 2.05) is 27.7 Å². The largest absolute Gasteiger partial charge is 0.358 e. The summed E-state index contributed by atoms with van der Waals surface area (Å²) < 4.78 is 0. The third kappa shape index (κ3) is 4.62. The van der Waals surface area contributed by atoms with Gasteiger partial charge in [0, 0.05) is 18.6 Å². The minimum atomic E-state index is 0. The first-order valence-electron chi connectivity index (χ1n) is 13.7. The van der Waals surface area contributed by atoms with Crippen LogP contribution < -0.4 is 0 Å². The van der Waals surface area contributed by atoms with Gasteiger partial charge in [-0.2, -0.15) is 0 Å². The predicted molar refractivity (Wildman–Crippen MR) is 138 cm³/mol. The Balaban J connectivity index is 0.00000142. The van der Waals surface area contributed by atoms with Crippen molar-refractivity contribution >= 4 is 0 Å². The molecule has 0 nitrogen and oxygen atoms in total. The summed E-state index contributed by atoms with van der Waals surface area (Å²) in [4.78, 5) is 0. The molecular formula is C30H59V-. The molecule has 0 heterocycles. The van der Waals surface area contributed by atoms with Gasteiger partial charge >= 0.3 is 0 Å². The van der Waals surface area contributed by atoms with Crippen LogP contribution in [0.3, 0.4) is 0 Å². The summed E-state index contributed by atoms with van der Waals surface area (Å²) in [5.41, 5.74) is 2.56. The molecule has 4 rings (SSSR count). The average Bonchev–Trinajstić information content (AvgIpc) is 2.98. The van der Waals surface area contributed by atoms with Crippen molar-refractivity contribution in [2.75, 3.05) is 0 Å². The van der Waals surface area contributed by atoms with E-state index in [-0.39, 0.29) is 26.0 Å². The fourth-order valence-electron chi connectivity index (χ4n) is 9.44. The molecule has 0 aliphatic heterocycles. The van der Waals surface area contributed by atoms with E-state index in [4.69, 9.17) is 0 Å². The summed E-state index contributed by atoms with van der Waals surface area (Å²) in [7, 11) is 0. The van der Waals surface area contributed by atoms with Gasteiger partial charge in [-0.05, 0) is 103 Å². The molecule has 0 aromatic rings. The molecular weight excluding hydrogens is 411 g/mol. The second-order valence-electron chi connectivity index (χ2n) is 11.9. The second-order valence-corrected chi connectivity index (χ2v) is 11.9. The smallest absolute Gasteiger partial charge is 0 e. The topological polar surface area (TPSA) is 0 Å². The van der Waals surface area contributed by atoms with Gasteiger partial charge in [0.15, 0.2) is 0 Å². The normalized spacial score (nSPS) is 47.4. The Bertz CT molecular complexity index is 525. The van der Waals surface area contributed by atoms with E-state index < -0.39 is 0 Å². The summed E-state index contributed by atoms with van der Waals surface area (Å²) in [5.74, 6) is 3.96. The van der Waals surface area contributed by atoms with Gasteiger partial charge in [-0.3, -0.25) is 0 Å². The molecule has 4 fully saturated rings. The first kappa shape index (κ1) is 31.6. The molecule has 1 heteroatoms. The number of fused-ring (bicyclic) bond motifs is 5. The van der Waals surface area contributed by atoms with Crippen LogP contribution in [0.15, 0.2) is 0 Å². The molecule has 0 aromatic heterocycles. The van der Waals surface area contributed by atoms with E-state index in [1.54, 1.807) is 12.8 Å². The molecule has 185 valence electrons. The van der Waals surface area contributed by atoms with Gasteiger partial charge in [-0.1, -0.05) is 82.1 Å². The monoisotopic (exact) mass is 470 g/mol. The zero-order chi connectivity index (χ0) is 22.1. The van der Waals surface area contributed by atoms with Crippen LogP contribution in [-0.2, 0) is 18.6 Å². The van der Waals surface area contributed by atoms with E-state index in [2.05, 4.69) is 41.5 Å². The molecule has 0 bridgehead atoms. The van der Waals surface area contributed by atoms with Gasteiger partial charge in [-0.15, -0.1) is 0 Å². The van der Waals surface area contributed by atoms with Crippen LogP contribution in [0.1, 0.15) is 140 Å². The summed E-state index contributed by atoms with van der Waals surface area (Å²) in [5, 5.41) is 0. The first-order valence-corrected chi connectivity index (χ1v) is 13.7. The third-order valence-electron chi connectivity index (χ3n) is 11.3. The maximum atomic E-state index is 2.75. The van der Waals surface area contributed by atoms with Crippen LogP contribution in [0.5, 0.6) is 0 Å². The van der Waals surface area contributed by atoms with Crippen molar-refractivity contribution < 1.29 is 18.6 Å². The van der Waals surface area contributed by atoms with E-state index in [1.165, 1.54) is 57.8 Å². The Morgan fingerprint density at radius 3 is 1.84 bits per heavy atom. The molecule has 8 atom stereocenters. The molecule has 0 aromatic carbocycles. The van der Waals surface area contributed by atoms with Gasteiger partial charge in [0.2, 0.25) is 0 Å². The molecule has 0 spiro atoms. The van der Waals surface area contributed by atoms with Gasteiger partial charge in [0.1, 0.15) is 0 Å². The summed E-state index contributed by atoms with van der Waals surface area (Å²) in [6.07, 6.45) is 16.6. The molecule has 4 saturated carbocycles. The molecule has 1 radical (unpaired) electrons. The standard InChI is InChI=1S/C25H44.2C2H6.CH3.V/c1-7-12-25-16-9-19(3)23(25,5)15-11-20-21(25)10-13-22(4)17-18(2)8-14-24(20,22)6;2*1-2;;/h18-21H,7-17H2,1-6H3;2*1-2H3;1H3;/q;;;-1;/t18-,19-,20?,21?,22+,23+,24+,25?;;;;/m0..../s1. The van der Waals surface area contributed by atoms with Crippen LogP contribution in [0, 0.1) is 52.8 Å². The first-order chi connectivity index (χ1) is 13.7. The third-order valence-corrected chi connectivity index (χ3v) is 11.3. The minimum Gasteiger partial charge on any atom is -0.358 e. The SMILES string of the molecule is CC.CC.CCCC12CC[C@H](C)[C@@]1(C)CCC1C2CC[C@]2(C)C[C@@H](C)CC[C@]12C.[CH3-].[V]. The van der Waals surface area contributed by atoms with Crippen molar-refractivity contribution in [3.63, 3.8) is 0 Å². The van der Waals surface area contributed by atoms with E-state index in [0.29, 0.717) is 21.7 Å². The van der Waals surface area contributed by atoms with Gasteiger partial charge in [0.05, 0.1) is 0 Å². The van der Waals surface area contributed by atoms with Crippen LogP contribution in [-0.4, -0.2) is 0 Å². The Morgan fingerprint density at radius 2 is 1.26 bits per heavy atom. The fraction of sp³-hybridized carbons (Fsp3) is 0.967. The number of hydrogen-bond donors (Lipinski definition) is 0. The van der Waals surface area contributed by atoms with E-state index in [9.17, 15) is 0 Å². The van der Waals surface area contributed by atoms with Crippen LogP contribution in [0.25, 0.3) is 0 Å². The molecule has 4 aliphatic rings. The zero-order valence-electron chi connectivity index (χ0n) is 23.5. The van der Waals surface area contributed by atoms with Crippen molar-refractivity contribution in [3.8, 4) is 0 Å². The van der Waals surface area contributed by atoms with Crippen molar-refractivity contribution in [2.45, 2.75) is 140 Å². The maximum Gasteiger partial charge on any atom is 0 e. The van der Waals surface area contributed by atoms with Gasteiger partial charge in [0.25, 0.3) is 0 Å². The summed E-state index contributed by atoms with van der Waals surface area (Å²) in [6, 6.07) is 0. The Hall–Kier alpha value is 0.584. The minimum absolute atomic E-state index is 0. The summed E-state index contributed by atoms with van der Waals surface area (Å²) >= 11 is 0. The van der Waals surface area contributed by atoms with Crippen molar-refractivity contribution in [3.05, 3.63) is 7.43 Å². The Labute approximate surface area is 210 Å². The molecule has 0 saturated heterocycles. The molecule has 4 aliphatic carbocycles. The molecule has 31 heavy (non-hydrogen) atoms. The van der Waals surface area contributed by atoms with Crippen molar-refractivity contribution in [1.82, 2.24) is 0 Å². The van der Waals surface area contributed by atoms with Crippen LogP contribution in [0.2, 0.25) is 0 Å². The second kappa shape index (κ2) is 11.8. The predicted octanol–water partition coefficient (Wildman–Crippen LogP) is 10.4. The Morgan fingerprint density at radius 1 is 0.710 bits per heavy atom. The maximum absolute atomic E-state index is 2.75. The molecule has 3 unspecified atom stereocenters. The van der Waals surface area contributed by atoms with Gasteiger partial charge in [-0.25, -0.2) is 0 Å². The summed E-state index contributed by atoms with van der Waals surface area (Å²) in [6.45, 7) is 23.7. The quantitative estimate of drug-likeness (QED) is 0.352. The van der Waals surface area contributed by atoms with Crippen LogP contribution in [0.4, 0.5) is 0 Å². The van der Waals surface area contributed by atoms with Gasteiger partial charge < -0.3 is 7.43 Å². The number of rotatable bonds is 2. The Kier molecular flexibility index (Phi) is 12.0.